The highest BCUT2D eigenvalue weighted by Crippen LogP contribution is 2.30. The van der Waals surface area contributed by atoms with Gasteiger partial charge in [0.15, 0.2) is 0 Å². The number of piperazine rings is 1. The van der Waals surface area contributed by atoms with E-state index in [0.717, 1.165) is 0 Å². The highest BCUT2D eigenvalue weighted by molar-refractivity contribution is 6.34. The number of carbonyl (C=O) groups is 1. The highest BCUT2D eigenvalue weighted by atomic mass is 35.5. The average molecular weight is 415 g/mol. The highest BCUT2D eigenvalue weighted by Gasteiger charge is 2.24. The Morgan fingerprint density at radius 2 is 2.04 bits per heavy atom. The molecule has 0 spiro atoms. The SMILES string of the molecule is [2H]c1c([2H])c(C)c(Cl)c(N2CCN(CC([2H])([2H])C3CCC(NC(=O)N(C)C([2H])([2H])[2H])CC3)CC2)c1[2H]. The van der Waals surface area contributed by atoms with Crippen molar-refractivity contribution in [2.75, 3.05) is 51.6 Å². The van der Waals surface area contributed by atoms with Crippen molar-refractivity contribution in [1.29, 1.82) is 0 Å². The molecule has 1 N–H and O–H groups in total. The number of halogens is 1. The predicted octanol–water partition coefficient (Wildman–Crippen LogP) is 3.99. The Kier molecular flexibility index (Phi) is 4.56. The first kappa shape index (κ1) is 13.0. The number of amides is 2. The maximum atomic E-state index is 12.2. The van der Waals surface area contributed by atoms with Gasteiger partial charge in [0.05, 0.1) is 14.8 Å². The Bertz CT molecular complexity index is 931. The number of hydrogen-bond acceptors (Lipinski definition) is 3. The zero-order valence-corrected chi connectivity index (χ0v) is 17.4. The maximum absolute atomic E-state index is 12.2. The molecular formula is C22H35ClN4O. The fourth-order valence-corrected chi connectivity index (χ4v) is 4.00. The molecule has 156 valence electrons. The van der Waals surface area contributed by atoms with Gasteiger partial charge in [-0.1, -0.05) is 23.7 Å². The molecule has 1 saturated heterocycles. The molecule has 1 saturated carbocycles. The molecule has 0 bridgehead atoms. The number of urea groups is 1. The largest absolute Gasteiger partial charge is 0.368 e. The first-order valence-electron chi connectivity index (χ1n) is 13.9. The molecule has 1 aliphatic carbocycles. The van der Waals surface area contributed by atoms with Gasteiger partial charge in [0, 0.05) is 53.1 Å². The lowest BCUT2D eigenvalue weighted by atomic mass is 9.84. The number of carbonyl (C=O) groups excluding carboxylic acids is 1. The minimum absolute atomic E-state index is 0.0285. The van der Waals surface area contributed by atoms with E-state index in [2.05, 4.69) is 10.2 Å². The molecule has 2 fully saturated rings. The van der Waals surface area contributed by atoms with Crippen LogP contribution in [-0.4, -0.2) is 68.6 Å². The van der Waals surface area contributed by atoms with Crippen LogP contribution in [-0.2, 0) is 0 Å². The number of nitrogens with zero attached hydrogens (tertiary/aromatic N) is 3. The molecular weight excluding hydrogens is 372 g/mol. The second-order valence-electron chi connectivity index (χ2n) is 7.69. The third kappa shape index (κ3) is 5.54. The summed E-state index contributed by atoms with van der Waals surface area (Å²) in [6.45, 7) is 1.75. The molecule has 1 aliphatic heterocycles. The van der Waals surface area contributed by atoms with Gasteiger partial charge in [0.25, 0.3) is 0 Å². The van der Waals surface area contributed by atoms with Crippen molar-refractivity contribution in [2.45, 2.75) is 45.0 Å². The van der Waals surface area contributed by atoms with Crippen LogP contribution in [0.3, 0.4) is 0 Å². The molecule has 5 nitrogen and oxygen atoms in total. The summed E-state index contributed by atoms with van der Waals surface area (Å²) in [5.41, 5.74) is 0.964. The minimum Gasteiger partial charge on any atom is -0.368 e. The van der Waals surface area contributed by atoms with E-state index in [1.807, 2.05) is 4.90 Å². The molecule has 0 radical (unpaired) electrons. The molecule has 1 aromatic carbocycles. The summed E-state index contributed by atoms with van der Waals surface area (Å²) in [4.78, 5) is 16.9. The van der Waals surface area contributed by atoms with Crippen molar-refractivity contribution >= 4 is 23.3 Å². The van der Waals surface area contributed by atoms with E-state index in [1.165, 1.54) is 7.05 Å². The van der Waals surface area contributed by atoms with Crippen LogP contribution >= 0.6 is 11.6 Å². The minimum atomic E-state index is -2.50. The number of rotatable bonds is 5. The van der Waals surface area contributed by atoms with Crippen LogP contribution in [0.5, 0.6) is 0 Å². The molecule has 1 heterocycles. The zero-order chi connectivity index (χ0) is 27.0. The Hall–Kier alpha value is -1.46. The van der Waals surface area contributed by atoms with Crippen LogP contribution in [0.4, 0.5) is 10.5 Å². The molecule has 6 heteroatoms. The molecule has 0 unspecified atom stereocenters. The van der Waals surface area contributed by atoms with Crippen LogP contribution in [0.15, 0.2) is 18.1 Å². The third-order valence-electron chi connectivity index (χ3n) is 5.62. The number of benzene rings is 1. The molecule has 0 aromatic heterocycles. The van der Waals surface area contributed by atoms with Gasteiger partial charge in [-0.15, -0.1) is 0 Å². The second kappa shape index (κ2) is 9.84. The lowest BCUT2D eigenvalue weighted by molar-refractivity contribution is 0.194. The summed E-state index contributed by atoms with van der Waals surface area (Å²) in [5.74, 6) is -0.156. The van der Waals surface area contributed by atoms with Crippen LogP contribution < -0.4 is 10.2 Å². The Morgan fingerprint density at radius 1 is 1.32 bits per heavy atom. The summed E-state index contributed by atoms with van der Waals surface area (Å²) >= 11 is 6.44. The fraction of sp³-hybridized carbons (Fsp3) is 0.682. The van der Waals surface area contributed by atoms with E-state index in [0.29, 0.717) is 73.0 Å². The second-order valence-corrected chi connectivity index (χ2v) is 8.06. The van der Waals surface area contributed by atoms with Gasteiger partial charge in [-0.25, -0.2) is 4.79 Å². The van der Waals surface area contributed by atoms with Crippen molar-refractivity contribution in [3.63, 3.8) is 0 Å². The molecule has 28 heavy (non-hydrogen) atoms. The van der Waals surface area contributed by atoms with Crippen molar-refractivity contribution in [3.05, 3.63) is 28.7 Å². The van der Waals surface area contributed by atoms with Crippen molar-refractivity contribution in [2.24, 2.45) is 5.92 Å². The van der Waals surface area contributed by atoms with Crippen LogP contribution in [0.2, 0.25) is 5.02 Å². The van der Waals surface area contributed by atoms with Crippen molar-refractivity contribution < 1.29 is 15.8 Å². The monoisotopic (exact) mass is 414 g/mol. The van der Waals surface area contributed by atoms with Gasteiger partial charge < -0.3 is 15.1 Å². The summed E-state index contributed by atoms with van der Waals surface area (Å²) in [6.07, 6.45) is 1.01. The smallest absolute Gasteiger partial charge is 0.317 e. The van der Waals surface area contributed by atoms with Gasteiger partial charge in [-0.05, 0) is 63.0 Å². The lowest BCUT2D eigenvalue weighted by Crippen LogP contribution is -2.47. The van der Waals surface area contributed by atoms with Gasteiger partial charge in [-0.3, -0.25) is 4.90 Å². The van der Waals surface area contributed by atoms with E-state index >= 15 is 0 Å². The van der Waals surface area contributed by atoms with E-state index in [-0.39, 0.29) is 36.6 Å². The van der Waals surface area contributed by atoms with Crippen LogP contribution in [0.1, 0.15) is 48.6 Å². The standard InChI is InChI=1S/C22H35ClN4O/c1-17-5-4-6-20(21(17)23)27-15-13-26(14-16-27)12-11-18-7-9-19(10-8-18)24-22(28)25(2)3/h4-6,18-19H,7-16H2,1-3H3,(H,24,28)/i2D3,4D,5D,6D,11D2. The van der Waals surface area contributed by atoms with Crippen molar-refractivity contribution in [1.82, 2.24) is 15.1 Å². The Balaban J connectivity index is 1.52. The van der Waals surface area contributed by atoms with Gasteiger partial charge in [0.2, 0.25) is 0 Å². The van der Waals surface area contributed by atoms with Crippen molar-refractivity contribution in [3.8, 4) is 0 Å². The number of anilines is 1. The third-order valence-corrected chi connectivity index (χ3v) is 6.08. The quantitative estimate of drug-likeness (QED) is 0.791. The summed E-state index contributed by atoms with van der Waals surface area (Å²) in [7, 11) is 1.24. The van der Waals surface area contributed by atoms with E-state index in [9.17, 15) is 4.79 Å². The van der Waals surface area contributed by atoms with E-state index < -0.39 is 19.4 Å². The van der Waals surface area contributed by atoms with Gasteiger partial charge in [-0.2, -0.15) is 0 Å². The maximum Gasteiger partial charge on any atom is 0.317 e. The Labute approximate surface area is 186 Å². The fourth-order valence-electron chi connectivity index (χ4n) is 3.79. The van der Waals surface area contributed by atoms with Gasteiger partial charge in [0.1, 0.15) is 0 Å². The summed E-state index contributed by atoms with van der Waals surface area (Å²) in [6, 6.07) is -1.02. The van der Waals surface area contributed by atoms with Crippen LogP contribution in [0, 0.1) is 12.8 Å². The molecule has 1 aromatic rings. The zero-order valence-electron chi connectivity index (χ0n) is 24.6. The average Bonchev–Trinajstić information content (AvgIpc) is 2.81. The Morgan fingerprint density at radius 3 is 2.71 bits per heavy atom. The molecule has 3 rings (SSSR count). The summed E-state index contributed by atoms with van der Waals surface area (Å²) < 4.78 is 63.7. The molecule has 2 amide bonds. The number of nitrogens with one attached hydrogen (secondary N) is 1. The first-order chi connectivity index (χ1) is 16.6. The van der Waals surface area contributed by atoms with E-state index in [4.69, 9.17) is 22.6 Å². The van der Waals surface area contributed by atoms with E-state index in [1.54, 1.807) is 6.92 Å². The molecule has 2 aliphatic rings. The first-order valence-corrected chi connectivity index (χ1v) is 10.3. The normalized spacial score (nSPS) is 28.6. The van der Waals surface area contributed by atoms with Crippen LogP contribution in [0.25, 0.3) is 0 Å². The predicted molar refractivity (Wildman–Crippen MR) is 117 cm³/mol. The molecule has 0 atom stereocenters. The summed E-state index contributed by atoms with van der Waals surface area (Å²) in [5, 5.41) is 3.09. The topological polar surface area (TPSA) is 38.8 Å². The lowest BCUT2D eigenvalue weighted by Gasteiger charge is -2.37. The van der Waals surface area contributed by atoms with Gasteiger partial charge >= 0.3 is 6.03 Å². The number of hydrogen-bond donors (Lipinski definition) is 1.